The van der Waals surface area contributed by atoms with Gasteiger partial charge in [-0.25, -0.2) is 4.57 Å². The predicted octanol–water partition coefficient (Wildman–Crippen LogP) is -4.63. The van der Waals surface area contributed by atoms with Crippen molar-refractivity contribution in [1.82, 2.24) is 0 Å². The molecule has 120 valence electrons. The molecule has 2 unspecified atom stereocenters. The van der Waals surface area contributed by atoms with Crippen LogP contribution in [0.3, 0.4) is 0 Å². The summed E-state index contributed by atoms with van der Waals surface area (Å²) in [5, 5.41) is 28.6. The van der Waals surface area contributed by atoms with E-state index in [0.29, 0.717) is 0 Å². The first kappa shape index (κ1) is 22.6. The molecule has 1 rings (SSSR count). The van der Waals surface area contributed by atoms with Crippen LogP contribution in [0.5, 0.6) is 0 Å². The van der Waals surface area contributed by atoms with Crippen LogP contribution in [-0.4, -0.2) is 111 Å². The molecule has 1 heterocycles. The van der Waals surface area contributed by atoms with Crippen molar-refractivity contribution in [2.75, 3.05) is 13.2 Å². The Morgan fingerprint density at radius 3 is 2.14 bits per heavy atom. The van der Waals surface area contributed by atoms with E-state index in [2.05, 4.69) is 13.8 Å². The van der Waals surface area contributed by atoms with Crippen LogP contribution < -0.4 is 9.79 Å². The molecule has 5 N–H and O–H groups in total. The van der Waals surface area contributed by atoms with Crippen molar-refractivity contribution >= 4 is 64.5 Å². The Balaban J connectivity index is 0.00000400. The molecule has 0 bridgehead atoms. The normalized spacial score (nSPS) is 33.8. The third-order valence-electron chi connectivity index (χ3n) is 2.36. The topological polar surface area (TPSA) is 209 Å². The van der Waals surface area contributed by atoms with E-state index in [1.54, 1.807) is 0 Å². The van der Waals surface area contributed by atoms with Crippen LogP contribution in [0.2, 0.25) is 0 Å². The van der Waals surface area contributed by atoms with Gasteiger partial charge in [0.2, 0.25) is 5.79 Å². The third-order valence-corrected chi connectivity index (χ3v) is 3.29. The van der Waals surface area contributed by atoms with Crippen molar-refractivity contribution in [3.63, 3.8) is 0 Å². The fraction of sp³-hybridized carbons (Fsp3) is 1.00. The van der Waals surface area contributed by atoms with Gasteiger partial charge < -0.3 is 48.7 Å². The van der Waals surface area contributed by atoms with Crippen LogP contribution in [0.25, 0.3) is 0 Å². The molecule has 4 atom stereocenters. The average Bonchev–Trinajstić information content (AvgIpc) is 2.48. The predicted molar refractivity (Wildman–Crippen MR) is 59.1 cm³/mol. The standard InChI is InChI=1S/C6H14O12P2.Ba/c7-4-3(1-16-19(10,11)12)18-6(9,5(4)8)2-17-20(13,14)15;/h3-5,7-9H,1-2H2,(H2,10,11,12)(H2,13,14,15);/q;+2/p-2/t3-,4?,5?,6-;/m0./s1. The molecule has 0 aromatic carbocycles. The number of hydrogen-bond donors (Lipinski definition) is 5. The van der Waals surface area contributed by atoms with E-state index in [4.69, 9.17) is 9.79 Å². The minimum Gasteiger partial charge on any atom is -0.790 e. The number of hydrogen-bond acceptors (Lipinski definition) is 10. The van der Waals surface area contributed by atoms with Gasteiger partial charge in [0.15, 0.2) is 0 Å². The van der Waals surface area contributed by atoms with Crippen LogP contribution in [-0.2, 0) is 22.9 Å². The van der Waals surface area contributed by atoms with E-state index >= 15 is 0 Å². The van der Waals surface area contributed by atoms with Gasteiger partial charge in [0.05, 0.1) is 14.4 Å². The summed E-state index contributed by atoms with van der Waals surface area (Å²) >= 11 is 0. The smallest absolute Gasteiger partial charge is 0.790 e. The second-order valence-electron chi connectivity index (χ2n) is 3.94. The van der Waals surface area contributed by atoms with Crippen LogP contribution in [0.4, 0.5) is 0 Å². The molecule has 15 heteroatoms. The molecule has 0 aromatic heterocycles. The molecular formula is C6H12BaO12P2. The summed E-state index contributed by atoms with van der Waals surface area (Å²) in [6.07, 6.45) is -5.56. The maximum absolute atomic E-state index is 10.5. The second-order valence-corrected chi connectivity index (χ2v) is 6.34. The van der Waals surface area contributed by atoms with Crippen molar-refractivity contribution in [3.8, 4) is 0 Å². The summed E-state index contributed by atoms with van der Waals surface area (Å²) in [5.41, 5.74) is 0. The Morgan fingerprint density at radius 2 is 1.71 bits per heavy atom. The Kier molecular flexibility index (Phi) is 8.77. The van der Waals surface area contributed by atoms with E-state index in [1.807, 2.05) is 0 Å². The van der Waals surface area contributed by atoms with Gasteiger partial charge in [0, 0.05) is 0 Å². The van der Waals surface area contributed by atoms with Gasteiger partial charge in [-0.15, -0.1) is 0 Å². The minimum absolute atomic E-state index is 0. The Morgan fingerprint density at radius 1 is 1.19 bits per heavy atom. The fourth-order valence-electron chi connectivity index (χ4n) is 1.47. The number of rotatable bonds is 6. The molecule has 1 saturated heterocycles. The molecule has 21 heavy (non-hydrogen) atoms. The summed E-state index contributed by atoms with van der Waals surface area (Å²) in [4.78, 5) is 37.4. The number of aliphatic hydroxyl groups excluding tert-OH is 2. The quantitative estimate of drug-likeness (QED) is 0.181. The van der Waals surface area contributed by atoms with E-state index < -0.39 is 53.0 Å². The Labute approximate surface area is 158 Å². The molecular weight excluding hydrogens is 463 g/mol. The van der Waals surface area contributed by atoms with E-state index in [-0.39, 0.29) is 48.9 Å². The van der Waals surface area contributed by atoms with E-state index in [0.717, 1.165) is 0 Å². The van der Waals surface area contributed by atoms with Gasteiger partial charge in [0.1, 0.15) is 24.9 Å². The fourth-order valence-corrected chi connectivity index (χ4v) is 2.15. The van der Waals surface area contributed by atoms with Gasteiger partial charge in [0.25, 0.3) is 0 Å². The largest absolute Gasteiger partial charge is 2.00 e. The van der Waals surface area contributed by atoms with Crippen molar-refractivity contribution in [2.24, 2.45) is 0 Å². The number of phosphoric acid groups is 2. The van der Waals surface area contributed by atoms with E-state index in [1.165, 1.54) is 0 Å². The Bertz CT molecular complexity index is 433. The summed E-state index contributed by atoms with van der Waals surface area (Å²) in [7, 11) is -10.3. The van der Waals surface area contributed by atoms with Gasteiger partial charge in [-0.2, -0.15) is 0 Å². The summed E-state index contributed by atoms with van der Waals surface area (Å²) in [5.74, 6) is -2.70. The molecule has 0 saturated carbocycles. The molecule has 1 aliphatic rings. The zero-order valence-electron chi connectivity index (χ0n) is 10.3. The zero-order chi connectivity index (χ0) is 15.8. The first-order valence-corrected chi connectivity index (χ1v) is 7.96. The zero-order valence-corrected chi connectivity index (χ0v) is 16.6. The third kappa shape index (κ3) is 7.37. The monoisotopic (exact) mass is 476 g/mol. The molecule has 1 aliphatic heterocycles. The SMILES string of the molecule is O=P([O-])([O-])OC[C@@H]1O[C@@](O)(COP(=O)(O)O)C(O)C1O.[Ba+2]. The first-order chi connectivity index (χ1) is 8.84. The summed E-state index contributed by atoms with van der Waals surface area (Å²) in [6, 6.07) is 0. The molecule has 0 aromatic rings. The number of phosphoric ester groups is 2. The molecule has 0 aliphatic carbocycles. The molecule has 1 fully saturated rings. The second kappa shape index (κ2) is 8.14. The van der Waals surface area contributed by atoms with Gasteiger partial charge in [-0.1, -0.05) is 0 Å². The summed E-state index contributed by atoms with van der Waals surface area (Å²) < 4.78 is 33.1. The molecule has 12 nitrogen and oxygen atoms in total. The molecule has 0 amide bonds. The van der Waals surface area contributed by atoms with E-state index in [9.17, 15) is 34.2 Å². The molecule has 0 spiro atoms. The van der Waals surface area contributed by atoms with Crippen molar-refractivity contribution in [1.29, 1.82) is 0 Å². The van der Waals surface area contributed by atoms with Gasteiger partial charge in [-0.3, -0.25) is 4.52 Å². The van der Waals surface area contributed by atoms with Gasteiger partial charge in [-0.05, 0) is 0 Å². The number of aliphatic hydroxyl groups is 3. The van der Waals surface area contributed by atoms with Gasteiger partial charge >= 0.3 is 56.7 Å². The van der Waals surface area contributed by atoms with Crippen molar-refractivity contribution in [2.45, 2.75) is 24.1 Å². The summed E-state index contributed by atoms with van der Waals surface area (Å²) in [6.45, 7) is -2.21. The minimum atomic E-state index is -5.36. The maximum atomic E-state index is 10.5. The van der Waals surface area contributed by atoms with Crippen molar-refractivity contribution in [3.05, 3.63) is 0 Å². The Hall–Kier alpha value is 1.63. The number of ether oxygens (including phenoxy) is 1. The molecule has 0 radical (unpaired) electrons. The van der Waals surface area contributed by atoms with Crippen LogP contribution in [0.1, 0.15) is 0 Å². The average molecular weight is 475 g/mol. The van der Waals surface area contributed by atoms with Crippen molar-refractivity contribution < 1.29 is 57.8 Å². The first-order valence-electron chi connectivity index (χ1n) is 4.97. The van der Waals surface area contributed by atoms with Crippen LogP contribution in [0, 0.1) is 0 Å². The van der Waals surface area contributed by atoms with Crippen LogP contribution in [0.15, 0.2) is 0 Å². The van der Waals surface area contributed by atoms with Crippen LogP contribution >= 0.6 is 15.6 Å². The maximum Gasteiger partial charge on any atom is 2.00 e.